The van der Waals surface area contributed by atoms with E-state index < -0.39 is 0 Å². The lowest BCUT2D eigenvalue weighted by molar-refractivity contribution is -0.135. The fraction of sp³-hybridized carbons (Fsp3) is 0.222. The highest BCUT2D eigenvalue weighted by Gasteiger charge is 2.31. The molecule has 4 nitrogen and oxygen atoms in total. The van der Waals surface area contributed by atoms with Gasteiger partial charge in [0.2, 0.25) is 5.91 Å². The van der Waals surface area contributed by atoms with Crippen molar-refractivity contribution in [3.63, 3.8) is 0 Å². The minimum atomic E-state index is 0.0605. The number of imidazole rings is 1. The molecule has 0 saturated carbocycles. The Bertz CT molecular complexity index is 795. The van der Waals surface area contributed by atoms with E-state index in [0.717, 1.165) is 17.2 Å². The normalized spacial score (nSPS) is 17.0. The number of fused-ring (bicyclic) bond motifs is 1. The smallest absolute Gasteiger partial charge is 0.228 e. The maximum atomic E-state index is 12.9. The second-order valence-electron chi connectivity index (χ2n) is 5.70. The lowest BCUT2D eigenvalue weighted by atomic mass is 10.0. The van der Waals surface area contributed by atoms with Crippen molar-refractivity contribution in [2.45, 2.75) is 25.6 Å². The number of thiophene rings is 1. The SMILES string of the molecule is O=C(Cc1cccs1)N1Cc2nccn2CC1c1ccccc1. The van der Waals surface area contributed by atoms with Crippen LogP contribution in [0.25, 0.3) is 0 Å². The van der Waals surface area contributed by atoms with E-state index in [2.05, 4.69) is 21.7 Å². The molecule has 0 spiro atoms. The van der Waals surface area contributed by atoms with Crippen LogP contribution in [0.2, 0.25) is 0 Å². The Morgan fingerprint density at radius 1 is 1.22 bits per heavy atom. The van der Waals surface area contributed by atoms with Gasteiger partial charge in [-0.15, -0.1) is 11.3 Å². The van der Waals surface area contributed by atoms with Crippen molar-refractivity contribution in [1.29, 1.82) is 0 Å². The van der Waals surface area contributed by atoms with Gasteiger partial charge in [-0.3, -0.25) is 4.79 Å². The van der Waals surface area contributed by atoms with Crippen LogP contribution >= 0.6 is 11.3 Å². The van der Waals surface area contributed by atoms with Gasteiger partial charge in [-0.05, 0) is 17.0 Å². The average Bonchev–Trinajstić information content (AvgIpc) is 3.25. The Balaban J connectivity index is 1.65. The van der Waals surface area contributed by atoms with Crippen molar-refractivity contribution in [3.8, 4) is 0 Å². The number of rotatable bonds is 3. The summed E-state index contributed by atoms with van der Waals surface area (Å²) >= 11 is 1.63. The summed E-state index contributed by atoms with van der Waals surface area (Å²) in [5, 5.41) is 2.01. The summed E-state index contributed by atoms with van der Waals surface area (Å²) in [5.41, 5.74) is 1.17. The molecule has 3 aromatic rings. The molecular weight excluding hydrogens is 306 g/mol. The first-order valence-corrected chi connectivity index (χ1v) is 8.56. The molecular formula is C18H17N3OS. The molecule has 0 bridgehead atoms. The minimum Gasteiger partial charge on any atom is -0.331 e. The van der Waals surface area contributed by atoms with Gasteiger partial charge in [0.05, 0.1) is 19.0 Å². The molecule has 1 aliphatic rings. The Morgan fingerprint density at radius 2 is 2.09 bits per heavy atom. The van der Waals surface area contributed by atoms with Crippen molar-refractivity contribution in [1.82, 2.24) is 14.5 Å². The number of nitrogens with zero attached hydrogens (tertiary/aromatic N) is 3. The van der Waals surface area contributed by atoms with Crippen molar-refractivity contribution in [2.75, 3.05) is 0 Å². The summed E-state index contributed by atoms with van der Waals surface area (Å²) < 4.78 is 2.15. The highest BCUT2D eigenvalue weighted by atomic mass is 32.1. The third-order valence-corrected chi connectivity index (χ3v) is 5.15. The van der Waals surface area contributed by atoms with E-state index >= 15 is 0 Å². The molecule has 1 aliphatic heterocycles. The highest BCUT2D eigenvalue weighted by Crippen LogP contribution is 2.30. The molecule has 0 N–H and O–H groups in total. The quantitative estimate of drug-likeness (QED) is 0.742. The standard InChI is InChI=1S/C18H17N3OS/c22-18(11-15-7-4-10-23-15)21-13-17-19-8-9-20(17)12-16(21)14-5-2-1-3-6-14/h1-10,16H,11-13H2. The number of carbonyl (C=O) groups excluding carboxylic acids is 1. The maximum Gasteiger partial charge on any atom is 0.228 e. The van der Waals surface area contributed by atoms with Crippen molar-refractivity contribution >= 4 is 17.2 Å². The van der Waals surface area contributed by atoms with Gasteiger partial charge >= 0.3 is 0 Å². The Labute approximate surface area is 139 Å². The van der Waals surface area contributed by atoms with Gasteiger partial charge in [0.1, 0.15) is 5.82 Å². The molecule has 2 aromatic heterocycles. The lowest BCUT2D eigenvalue weighted by Crippen LogP contribution is -2.41. The molecule has 0 saturated heterocycles. The first-order valence-electron chi connectivity index (χ1n) is 7.68. The van der Waals surface area contributed by atoms with Gasteiger partial charge in [-0.1, -0.05) is 36.4 Å². The zero-order valence-corrected chi connectivity index (χ0v) is 13.4. The van der Waals surface area contributed by atoms with Gasteiger partial charge in [0, 0.05) is 23.8 Å². The van der Waals surface area contributed by atoms with Crippen LogP contribution in [0, 0.1) is 0 Å². The van der Waals surface area contributed by atoms with Gasteiger partial charge < -0.3 is 9.47 Å². The van der Waals surface area contributed by atoms with Gasteiger partial charge in [0.15, 0.2) is 0 Å². The zero-order chi connectivity index (χ0) is 15.6. The monoisotopic (exact) mass is 323 g/mol. The molecule has 1 unspecified atom stereocenters. The molecule has 1 amide bonds. The predicted molar refractivity (Wildman–Crippen MR) is 90.0 cm³/mol. The summed E-state index contributed by atoms with van der Waals surface area (Å²) in [6, 6.07) is 14.3. The van der Waals surface area contributed by atoms with Crippen LogP contribution in [-0.2, 0) is 24.3 Å². The van der Waals surface area contributed by atoms with Crippen LogP contribution < -0.4 is 0 Å². The third-order valence-electron chi connectivity index (χ3n) is 4.27. The molecule has 5 heteroatoms. The van der Waals surface area contributed by atoms with E-state index in [9.17, 15) is 4.79 Å². The molecule has 1 atom stereocenters. The topological polar surface area (TPSA) is 38.1 Å². The van der Waals surface area contributed by atoms with Crippen LogP contribution in [0.15, 0.2) is 60.2 Å². The second-order valence-corrected chi connectivity index (χ2v) is 6.73. The summed E-state index contributed by atoms with van der Waals surface area (Å²) in [4.78, 5) is 20.3. The Kier molecular flexibility index (Phi) is 3.71. The summed E-state index contributed by atoms with van der Waals surface area (Å²) in [6.07, 6.45) is 4.26. The summed E-state index contributed by atoms with van der Waals surface area (Å²) in [5.74, 6) is 1.12. The Hall–Kier alpha value is -2.40. The van der Waals surface area contributed by atoms with E-state index in [1.54, 1.807) is 11.3 Å². The molecule has 23 heavy (non-hydrogen) atoms. The second kappa shape index (κ2) is 6.01. The van der Waals surface area contributed by atoms with Gasteiger partial charge in [0.25, 0.3) is 0 Å². The third kappa shape index (κ3) is 2.80. The maximum absolute atomic E-state index is 12.9. The average molecular weight is 323 g/mol. The first-order chi connectivity index (χ1) is 11.3. The molecule has 0 fully saturated rings. The molecule has 4 rings (SSSR count). The van der Waals surface area contributed by atoms with Crippen molar-refractivity contribution < 1.29 is 4.79 Å². The fourth-order valence-electron chi connectivity index (χ4n) is 3.09. The van der Waals surface area contributed by atoms with Crippen LogP contribution in [-0.4, -0.2) is 20.4 Å². The van der Waals surface area contributed by atoms with Crippen molar-refractivity contribution in [3.05, 3.63) is 76.5 Å². The van der Waals surface area contributed by atoms with E-state index in [-0.39, 0.29) is 11.9 Å². The summed E-state index contributed by atoms with van der Waals surface area (Å²) in [6.45, 7) is 1.33. The van der Waals surface area contributed by atoms with Crippen LogP contribution in [0.4, 0.5) is 0 Å². The van der Waals surface area contributed by atoms with Crippen molar-refractivity contribution in [2.24, 2.45) is 0 Å². The number of hydrogen-bond acceptors (Lipinski definition) is 3. The molecule has 0 aliphatic carbocycles. The van der Waals surface area contributed by atoms with E-state index in [4.69, 9.17) is 0 Å². The van der Waals surface area contributed by atoms with Crippen LogP contribution in [0.5, 0.6) is 0 Å². The van der Waals surface area contributed by atoms with E-state index in [1.807, 2.05) is 53.0 Å². The fourth-order valence-corrected chi connectivity index (χ4v) is 3.79. The molecule has 3 heterocycles. The number of aromatic nitrogens is 2. The van der Waals surface area contributed by atoms with Gasteiger partial charge in [-0.25, -0.2) is 4.98 Å². The number of benzene rings is 1. The summed E-state index contributed by atoms with van der Waals surface area (Å²) in [7, 11) is 0. The van der Waals surface area contributed by atoms with E-state index in [1.165, 1.54) is 5.56 Å². The van der Waals surface area contributed by atoms with Crippen LogP contribution in [0.3, 0.4) is 0 Å². The lowest BCUT2D eigenvalue weighted by Gasteiger charge is -2.36. The number of amides is 1. The minimum absolute atomic E-state index is 0.0605. The molecule has 116 valence electrons. The molecule has 1 aromatic carbocycles. The number of hydrogen-bond donors (Lipinski definition) is 0. The van der Waals surface area contributed by atoms with E-state index in [0.29, 0.717) is 13.0 Å². The zero-order valence-electron chi connectivity index (χ0n) is 12.6. The first kappa shape index (κ1) is 14.2. The highest BCUT2D eigenvalue weighted by molar-refractivity contribution is 7.10. The Morgan fingerprint density at radius 3 is 2.87 bits per heavy atom. The predicted octanol–water partition coefficient (Wildman–Crippen LogP) is 3.27. The van der Waals surface area contributed by atoms with Gasteiger partial charge in [-0.2, -0.15) is 0 Å². The molecule has 0 radical (unpaired) electrons. The largest absolute Gasteiger partial charge is 0.331 e. The van der Waals surface area contributed by atoms with Crippen LogP contribution in [0.1, 0.15) is 22.3 Å². The number of carbonyl (C=O) groups is 1.